The highest BCUT2D eigenvalue weighted by molar-refractivity contribution is 5.76. The van der Waals surface area contributed by atoms with Crippen LogP contribution in [0.5, 0.6) is 0 Å². The molecule has 0 amide bonds. The van der Waals surface area contributed by atoms with E-state index in [1.54, 1.807) is 0 Å². The van der Waals surface area contributed by atoms with E-state index >= 15 is 0 Å². The van der Waals surface area contributed by atoms with Crippen molar-refractivity contribution in [3.8, 4) is 0 Å². The predicted octanol–water partition coefficient (Wildman–Crippen LogP) is 1.14. The Kier molecular flexibility index (Phi) is 3.71. The third-order valence-corrected chi connectivity index (χ3v) is 1.76. The van der Waals surface area contributed by atoms with Crippen LogP contribution in [0.15, 0.2) is 0 Å². The first-order valence-electron chi connectivity index (χ1n) is 4.05. The largest absolute Gasteiger partial charge is 0.468 e. The number of ether oxygens (including phenoxy) is 1. The number of hydrogen-bond acceptors (Lipinski definition) is 3. The number of hydrogen-bond donors (Lipinski definition) is 0. The summed E-state index contributed by atoms with van der Waals surface area (Å²) in [6.45, 7) is 6.07. The Balaban J connectivity index is 4.56. The van der Waals surface area contributed by atoms with Crippen molar-refractivity contribution in [1.82, 2.24) is 4.90 Å². The smallest absolute Gasteiger partial charge is 0.323 e. The maximum Gasteiger partial charge on any atom is 0.323 e. The number of nitrogens with zero attached hydrogens (tertiary/aromatic N) is 1. The number of carbonyl (C=O) groups excluding carboxylic acids is 1. The van der Waals surface area contributed by atoms with Crippen LogP contribution in [-0.4, -0.2) is 38.1 Å². The van der Waals surface area contributed by atoms with E-state index in [-0.39, 0.29) is 17.4 Å². The lowest BCUT2D eigenvalue weighted by molar-refractivity contribution is -0.149. The van der Waals surface area contributed by atoms with Gasteiger partial charge in [0.05, 0.1) is 7.11 Å². The van der Waals surface area contributed by atoms with Crippen molar-refractivity contribution in [3.05, 3.63) is 0 Å². The zero-order valence-electron chi connectivity index (χ0n) is 8.84. The summed E-state index contributed by atoms with van der Waals surface area (Å²) in [5, 5.41) is 0. The molecule has 0 radical (unpaired) electrons. The molecule has 12 heavy (non-hydrogen) atoms. The van der Waals surface area contributed by atoms with Gasteiger partial charge in [-0.2, -0.15) is 0 Å². The van der Waals surface area contributed by atoms with E-state index in [0.29, 0.717) is 0 Å². The molecule has 0 heterocycles. The predicted molar refractivity (Wildman–Crippen MR) is 48.9 cm³/mol. The maximum absolute atomic E-state index is 11.3. The van der Waals surface area contributed by atoms with E-state index in [4.69, 9.17) is 4.74 Å². The highest BCUT2D eigenvalue weighted by Gasteiger charge is 2.33. The average molecular weight is 173 g/mol. The number of rotatable bonds is 2. The lowest BCUT2D eigenvalue weighted by atomic mass is 9.86. The summed E-state index contributed by atoms with van der Waals surface area (Å²) in [4.78, 5) is 13.2. The fraction of sp³-hybridized carbons (Fsp3) is 0.889. The zero-order valence-corrected chi connectivity index (χ0v) is 8.84. The van der Waals surface area contributed by atoms with Crippen LogP contribution in [0.25, 0.3) is 0 Å². The van der Waals surface area contributed by atoms with Crippen LogP contribution in [0.2, 0.25) is 0 Å². The highest BCUT2D eigenvalue weighted by atomic mass is 16.5. The SMILES string of the molecule is COC(=O)[C@H](N(C)C)C(C)(C)C. The average Bonchev–Trinajstić information content (AvgIpc) is 1.83. The summed E-state index contributed by atoms with van der Waals surface area (Å²) >= 11 is 0. The van der Waals surface area contributed by atoms with Crippen molar-refractivity contribution in [2.24, 2.45) is 5.41 Å². The molecule has 0 bridgehead atoms. The Labute approximate surface area is 74.7 Å². The number of carbonyl (C=O) groups is 1. The van der Waals surface area contributed by atoms with Crippen LogP contribution in [0.1, 0.15) is 20.8 Å². The van der Waals surface area contributed by atoms with E-state index in [9.17, 15) is 4.79 Å². The van der Waals surface area contributed by atoms with Crippen molar-refractivity contribution in [2.75, 3.05) is 21.2 Å². The monoisotopic (exact) mass is 173 g/mol. The molecular formula is C9H19NO2. The van der Waals surface area contributed by atoms with Gasteiger partial charge in [-0.15, -0.1) is 0 Å². The summed E-state index contributed by atoms with van der Waals surface area (Å²) < 4.78 is 4.72. The molecule has 0 aromatic rings. The number of esters is 1. The first-order chi connectivity index (χ1) is 5.30. The molecule has 0 aromatic heterocycles. The van der Waals surface area contributed by atoms with Gasteiger partial charge >= 0.3 is 5.97 Å². The molecule has 0 aliphatic carbocycles. The van der Waals surface area contributed by atoms with Crippen LogP contribution >= 0.6 is 0 Å². The van der Waals surface area contributed by atoms with E-state index < -0.39 is 0 Å². The van der Waals surface area contributed by atoms with Gasteiger partial charge in [0.2, 0.25) is 0 Å². The lowest BCUT2D eigenvalue weighted by Gasteiger charge is -2.33. The van der Waals surface area contributed by atoms with Crippen molar-refractivity contribution >= 4 is 5.97 Å². The molecule has 72 valence electrons. The van der Waals surface area contributed by atoms with E-state index in [0.717, 1.165) is 0 Å². The first-order valence-corrected chi connectivity index (χ1v) is 4.05. The molecule has 0 aromatic carbocycles. The minimum absolute atomic E-state index is 0.0867. The summed E-state index contributed by atoms with van der Waals surface area (Å²) in [6, 6.07) is -0.178. The van der Waals surface area contributed by atoms with Crippen LogP contribution in [0.3, 0.4) is 0 Å². The van der Waals surface area contributed by atoms with Crippen molar-refractivity contribution in [3.63, 3.8) is 0 Å². The van der Waals surface area contributed by atoms with Gasteiger partial charge in [0.25, 0.3) is 0 Å². The van der Waals surface area contributed by atoms with Gasteiger partial charge in [-0.1, -0.05) is 20.8 Å². The van der Waals surface area contributed by atoms with Gasteiger partial charge in [0.1, 0.15) is 6.04 Å². The first kappa shape index (κ1) is 11.4. The Hall–Kier alpha value is -0.570. The van der Waals surface area contributed by atoms with E-state index in [1.165, 1.54) is 7.11 Å². The minimum Gasteiger partial charge on any atom is -0.468 e. The summed E-state index contributed by atoms with van der Waals surface area (Å²) in [5.74, 6) is -0.174. The molecular weight excluding hydrogens is 154 g/mol. The van der Waals surface area contributed by atoms with Crippen LogP contribution < -0.4 is 0 Å². The summed E-state index contributed by atoms with van der Waals surface area (Å²) in [5.41, 5.74) is -0.0867. The number of methoxy groups -OCH3 is 1. The Bertz CT molecular complexity index is 158. The quantitative estimate of drug-likeness (QED) is 0.586. The molecule has 3 heteroatoms. The van der Waals surface area contributed by atoms with Gasteiger partial charge in [-0.05, 0) is 19.5 Å². The molecule has 3 nitrogen and oxygen atoms in total. The molecule has 0 unspecified atom stereocenters. The van der Waals surface area contributed by atoms with E-state index in [1.807, 2.05) is 39.8 Å². The summed E-state index contributed by atoms with van der Waals surface area (Å²) in [7, 11) is 5.18. The maximum atomic E-state index is 11.3. The third kappa shape index (κ3) is 2.81. The second-order valence-corrected chi connectivity index (χ2v) is 4.26. The highest BCUT2D eigenvalue weighted by Crippen LogP contribution is 2.23. The second kappa shape index (κ2) is 3.90. The van der Waals surface area contributed by atoms with Gasteiger partial charge in [0.15, 0.2) is 0 Å². The Morgan fingerprint density at radius 1 is 1.33 bits per heavy atom. The minimum atomic E-state index is -0.178. The molecule has 0 saturated heterocycles. The van der Waals surface area contributed by atoms with Crippen LogP contribution in [0.4, 0.5) is 0 Å². The van der Waals surface area contributed by atoms with Crippen molar-refractivity contribution in [1.29, 1.82) is 0 Å². The standard InChI is InChI=1S/C9H19NO2/c1-9(2,3)7(10(4)5)8(11)12-6/h7H,1-6H3/t7-/m0/s1. The van der Waals surface area contributed by atoms with Gasteiger partial charge in [-0.25, -0.2) is 0 Å². The topological polar surface area (TPSA) is 29.5 Å². The van der Waals surface area contributed by atoms with E-state index in [2.05, 4.69) is 0 Å². The molecule has 0 aliphatic rings. The van der Waals surface area contributed by atoms with Crippen molar-refractivity contribution in [2.45, 2.75) is 26.8 Å². The van der Waals surface area contributed by atoms with Crippen molar-refractivity contribution < 1.29 is 9.53 Å². The zero-order chi connectivity index (χ0) is 9.94. The molecule has 0 N–H and O–H groups in total. The molecule has 0 aliphatic heterocycles. The fourth-order valence-electron chi connectivity index (χ4n) is 1.45. The number of likely N-dealkylation sites (N-methyl/N-ethyl adjacent to an activating group) is 1. The molecule has 0 fully saturated rings. The Morgan fingerprint density at radius 2 is 1.75 bits per heavy atom. The summed E-state index contributed by atoms with van der Waals surface area (Å²) in [6.07, 6.45) is 0. The van der Waals surface area contributed by atoms with Gasteiger partial charge in [-0.3, -0.25) is 9.69 Å². The third-order valence-electron chi connectivity index (χ3n) is 1.76. The molecule has 0 saturated carbocycles. The van der Waals surface area contributed by atoms with Gasteiger partial charge in [0, 0.05) is 0 Å². The molecule has 0 rings (SSSR count). The fourth-order valence-corrected chi connectivity index (χ4v) is 1.45. The molecule has 0 spiro atoms. The second-order valence-electron chi connectivity index (χ2n) is 4.26. The van der Waals surface area contributed by atoms with Crippen LogP contribution in [-0.2, 0) is 9.53 Å². The van der Waals surface area contributed by atoms with Crippen LogP contribution in [0, 0.1) is 5.41 Å². The van der Waals surface area contributed by atoms with Gasteiger partial charge < -0.3 is 4.74 Å². The normalized spacial score (nSPS) is 14.6. The molecule has 1 atom stereocenters. The Morgan fingerprint density at radius 3 is 1.83 bits per heavy atom. The lowest BCUT2D eigenvalue weighted by Crippen LogP contribution is -2.46.